The van der Waals surface area contributed by atoms with Crippen LogP contribution in [0.4, 0.5) is 0 Å². The maximum atomic E-state index is 9.27. The monoisotopic (exact) mass is 126 g/mol. The summed E-state index contributed by atoms with van der Waals surface area (Å²) in [4.78, 5) is 0. The highest BCUT2D eigenvalue weighted by molar-refractivity contribution is 4.82. The minimum atomic E-state index is -0.0389. The van der Waals surface area contributed by atoms with Gasteiger partial charge in [-0.15, -0.1) is 6.58 Å². The number of aliphatic hydroxyl groups is 1. The maximum absolute atomic E-state index is 9.27. The lowest BCUT2D eigenvalue weighted by Crippen LogP contribution is -2.07. The lowest BCUT2D eigenvalue weighted by atomic mass is 10.1. The minimum Gasteiger partial charge on any atom is -0.393 e. The molecule has 0 bridgehead atoms. The Labute approximate surface area is 56.4 Å². The first kappa shape index (κ1) is 6.81. The van der Waals surface area contributed by atoms with Gasteiger partial charge in [0.05, 0.1) is 6.10 Å². The van der Waals surface area contributed by atoms with Crippen molar-refractivity contribution in [2.45, 2.75) is 31.8 Å². The van der Waals surface area contributed by atoms with E-state index in [2.05, 4.69) is 6.58 Å². The maximum Gasteiger partial charge on any atom is 0.0571 e. The van der Waals surface area contributed by atoms with Gasteiger partial charge in [-0.25, -0.2) is 0 Å². The van der Waals surface area contributed by atoms with Crippen LogP contribution in [0.1, 0.15) is 25.7 Å². The summed E-state index contributed by atoms with van der Waals surface area (Å²) in [5, 5.41) is 9.27. The second-order valence-electron chi connectivity index (χ2n) is 2.77. The van der Waals surface area contributed by atoms with Crippen molar-refractivity contribution in [2.75, 3.05) is 0 Å². The Morgan fingerprint density at radius 3 is 2.78 bits per heavy atom. The van der Waals surface area contributed by atoms with E-state index in [0.717, 1.165) is 12.8 Å². The summed E-state index contributed by atoms with van der Waals surface area (Å²) in [5.74, 6) is 0.630. The van der Waals surface area contributed by atoms with Crippen LogP contribution < -0.4 is 0 Å². The highest BCUT2D eigenvalue weighted by atomic mass is 16.3. The summed E-state index contributed by atoms with van der Waals surface area (Å²) in [5.41, 5.74) is 0. The average Bonchev–Trinajstić information content (AvgIpc) is 2.63. The van der Waals surface area contributed by atoms with Crippen LogP contribution in [0, 0.1) is 5.92 Å². The molecule has 1 unspecified atom stereocenters. The van der Waals surface area contributed by atoms with E-state index in [1.165, 1.54) is 12.8 Å². The Morgan fingerprint density at radius 2 is 2.33 bits per heavy atom. The Hall–Kier alpha value is -0.300. The van der Waals surface area contributed by atoms with Crippen molar-refractivity contribution in [1.82, 2.24) is 0 Å². The van der Waals surface area contributed by atoms with Crippen molar-refractivity contribution < 1.29 is 5.11 Å². The van der Waals surface area contributed by atoms with Crippen LogP contribution in [-0.4, -0.2) is 11.2 Å². The Bertz CT molecular complexity index is 94.7. The molecule has 1 fully saturated rings. The molecule has 1 aliphatic rings. The van der Waals surface area contributed by atoms with Crippen molar-refractivity contribution in [3.63, 3.8) is 0 Å². The third-order valence-corrected chi connectivity index (χ3v) is 1.83. The molecule has 0 radical (unpaired) electrons. The van der Waals surface area contributed by atoms with Gasteiger partial charge >= 0.3 is 0 Å². The smallest absolute Gasteiger partial charge is 0.0571 e. The SMILES string of the molecule is C=CCCC(O)C1CC1. The summed E-state index contributed by atoms with van der Waals surface area (Å²) in [7, 11) is 0. The molecular weight excluding hydrogens is 112 g/mol. The molecule has 0 aromatic rings. The molecule has 0 saturated heterocycles. The Morgan fingerprint density at radius 1 is 1.67 bits per heavy atom. The van der Waals surface area contributed by atoms with Crippen molar-refractivity contribution >= 4 is 0 Å². The molecular formula is C8H14O. The third-order valence-electron chi connectivity index (χ3n) is 1.83. The normalized spacial score (nSPS) is 21.4. The van der Waals surface area contributed by atoms with Crippen LogP contribution in [-0.2, 0) is 0 Å². The molecule has 1 N–H and O–H groups in total. The Kier molecular flexibility index (Phi) is 2.29. The van der Waals surface area contributed by atoms with E-state index in [1.807, 2.05) is 6.08 Å². The van der Waals surface area contributed by atoms with Crippen molar-refractivity contribution in [3.8, 4) is 0 Å². The van der Waals surface area contributed by atoms with Crippen LogP contribution in [0.5, 0.6) is 0 Å². The molecule has 1 atom stereocenters. The molecule has 1 nitrogen and oxygen atoms in total. The van der Waals surface area contributed by atoms with Crippen molar-refractivity contribution in [1.29, 1.82) is 0 Å². The van der Waals surface area contributed by atoms with Gasteiger partial charge in [0.25, 0.3) is 0 Å². The van der Waals surface area contributed by atoms with E-state index in [4.69, 9.17) is 0 Å². The first-order valence-electron chi connectivity index (χ1n) is 3.63. The second kappa shape index (κ2) is 3.02. The fourth-order valence-electron chi connectivity index (χ4n) is 1.01. The van der Waals surface area contributed by atoms with E-state index in [9.17, 15) is 5.11 Å². The molecule has 0 aromatic heterocycles. The van der Waals surface area contributed by atoms with Gasteiger partial charge in [0.2, 0.25) is 0 Å². The molecule has 1 aliphatic carbocycles. The molecule has 1 saturated carbocycles. The van der Waals surface area contributed by atoms with Gasteiger partial charge in [0.15, 0.2) is 0 Å². The van der Waals surface area contributed by atoms with Gasteiger partial charge in [-0.05, 0) is 31.6 Å². The summed E-state index contributed by atoms with van der Waals surface area (Å²) >= 11 is 0. The topological polar surface area (TPSA) is 20.2 Å². The minimum absolute atomic E-state index is 0.0389. The first-order valence-corrected chi connectivity index (χ1v) is 3.63. The molecule has 0 spiro atoms. The van der Waals surface area contributed by atoms with Crippen LogP contribution in [0.15, 0.2) is 12.7 Å². The zero-order valence-corrected chi connectivity index (χ0v) is 5.71. The first-order chi connectivity index (χ1) is 4.34. The van der Waals surface area contributed by atoms with Gasteiger partial charge in [0, 0.05) is 0 Å². The van der Waals surface area contributed by atoms with Crippen LogP contribution in [0.25, 0.3) is 0 Å². The third kappa shape index (κ3) is 2.19. The van der Waals surface area contributed by atoms with E-state index in [-0.39, 0.29) is 6.10 Å². The molecule has 0 heterocycles. The lowest BCUT2D eigenvalue weighted by molar-refractivity contribution is 0.142. The number of rotatable bonds is 4. The van der Waals surface area contributed by atoms with Crippen LogP contribution >= 0.6 is 0 Å². The van der Waals surface area contributed by atoms with Crippen LogP contribution in [0.3, 0.4) is 0 Å². The van der Waals surface area contributed by atoms with E-state index in [0.29, 0.717) is 5.92 Å². The van der Waals surface area contributed by atoms with Crippen LogP contribution in [0.2, 0.25) is 0 Å². The molecule has 0 amide bonds. The van der Waals surface area contributed by atoms with E-state index >= 15 is 0 Å². The lowest BCUT2D eigenvalue weighted by Gasteiger charge is -2.04. The van der Waals surface area contributed by atoms with E-state index < -0.39 is 0 Å². The molecule has 0 aromatic carbocycles. The predicted molar refractivity (Wildman–Crippen MR) is 38.2 cm³/mol. The van der Waals surface area contributed by atoms with Gasteiger partial charge in [-0.3, -0.25) is 0 Å². The number of allylic oxidation sites excluding steroid dienone is 1. The largest absolute Gasteiger partial charge is 0.393 e. The standard InChI is InChI=1S/C8H14O/c1-2-3-4-8(9)7-5-6-7/h2,7-9H,1,3-6H2. The quantitative estimate of drug-likeness (QED) is 0.569. The number of hydrogen-bond acceptors (Lipinski definition) is 1. The summed E-state index contributed by atoms with van der Waals surface area (Å²) < 4.78 is 0. The highest BCUT2D eigenvalue weighted by Crippen LogP contribution is 2.34. The fourth-order valence-corrected chi connectivity index (χ4v) is 1.01. The molecule has 0 aliphatic heterocycles. The van der Waals surface area contributed by atoms with Crippen molar-refractivity contribution in [2.24, 2.45) is 5.92 Å². The molecule has 9 heavy (non-hydrogen) atoms. The summed E-state index contributed by atoms with van der Waals surface area (Å²) in [6, 6.07) is 0. The number of hydrogen-bond donors (Lipinski definition) is 1. The summed E-state index contributed by atoms with van der Waals surface area (Å²) in [6.07, 6.45) is 6.16. The van der Waals surface area contributed by atoms with Gasteiger partial charge in [0.1, 0.15) is 0 Å². The fraction of sp³-hybridized carbons (Fsp3) is 0.750. The molecule has 52 valence electrons. The second-order valence-corrected chi connectivity index (χ2v) is 2.77. The predicted octanol–water partition coefficient (Wildman–Crippen LogP) is 1.72. The van der Waals surface area contributed by atoms with Crippen molar-refractivity contribution in [3.05, 3.63) is 12.7 Å². The zero-order chi connectivity index (χ0) is 6.69. The average molecular weight is 126 g/mol. The highest BCUT2D eigenvalue weighted by Gasteiger charge is 2.28. The van der Waals surface area contributed by atoms with Gasteiger partial charge in [-0.2, -0.15) is 0 Å². The summed E-state index contributed by atoms with van der Waals surface area (Å²) in [6.45, 7) is 3.60. The Balaban J connectivity index is 2.02. The van der Waals surface area contributed by atoms with Gasteiger partial charge < -0.3 is 5.11 Å². The van der Waals surface area contributed by atoms with Gasteiger partial charge in [-0.1, -0.05) is 6.08 Å². The molecule has 1 heteroatoms. The number of aliphatic hydroxyl groups excluding tert-OH is 1. The molecule has 1 rings (SSSR count). The zero-order valence-electron chi connectivity index (χ0n) is 5.71. The van der Waals surface area contributed by atoms with E-state index in [1.54, 1.807) is 0 Å².